The van der Waals surface area contributed by atoms with Crippen molar-refractivity contribution in [2.24, 2.45) is 0 Å². The number of carbonyl (C=O) groups excluding carboxylic acids is 1. The van der Waals surface area contributed by atoms with Crippen molar-refractivity contribution in [1.29, 1.82) is 0 Å². The fraction of sp³-hybridized carbons (Fsp3) is 0.500. The number of rotatable bonds is 5. The Morgan fingerprint density at radius 3 is 2.84 bits per heavy atom. The maximum Gasteiger partial charge on any atom is 0.230 e. The molecule has 1 heterocycles. The molecule has 1 aliphatic rings. The molecule has 0 spiro atoms. The van der Waals surface area contributed by atoms with Gasteiger partial charge in [0, 0.05) is 16.3 Å². The Hall–Kier alpha value is -0.520. The van der Waals surface area contributed by atoms with Gasteiger partial charge in [0.25, 0.3) is 0 Å². The molecule has 0 aromatic heterocycles. The molecular weight excluding hydrogens is 324 g/mol. The van der Waals surface area contributed by atoms with Crippen molar-refractivity contribution in [1.82, 2.24) is 10.6 Å². The van der Waals surface area contributed by atoms with Crippen LogP contribution in [-0.2, 0) is 11.3 Å². The lowest BCUT2D eigenvalue weighted by atomic mass is 10.2. The number of hydrogen-bond donors (Lipinski definition) is 2. The molecule has 1 saturated heterocycles. The zero-order valence-electron chi connectivity index (χ0n) is 10.8. The highest BCUT2D eigenvalue weighted by Crippen LogP contribution is 2.20. The summed E-state index contributed by atoms with van der Waals surface area (Å²) in [5, 5.41) is 6.94. The summed E-state index contributed by atoms with van der Waals surface area (Å²) in [5.41, 5.74) is 1.11. The van der Waals surface area contributed by atoms with E-state index in [4.69, 9.17) is 0 Å². The minimum atomic E-state index is 0.124. The lowest BCUT2D eigenvalue weighted by Gasteiger charge is -2.21. The van der Waals surface area contributed by atoms with Crippen LogP contribution in [0.25, 0.3) is 0 Å². The van der Waals surface area contributed by atoms with E-state index in [0.717, 1.165) is 23.1 Å². The largest absolute Gasteiger partial charge is 0.351 e. The molecule has 0 bridgehead atoms. The van der Waals surface area contributed by atoms with E-state index in [0.29, 0.717) is 17.5 Å². The van der Waals surface area contributed by atoms with Gasteiger partial charge >= 0.3 is 0 Å². The van der Waals surface area contributed by atoms with Gasteiger partial charge in [-0.25, -0.2) is 0 Å². The molecule has 104 valence electrons. The second kappa shape index (κ2) is 7.92. The summed E-state index contributed by atoms with van der Waals surface area (Å²) in [5.74, 6) is 0.689. The van der Waals surface area contributed by atoms with Gasteiger partial charge in [0.05, 0.1) is 5.75 Å². The summed E-state index contributed by atoms with van der Waals surface area (Å²) in [6.45, 7) is 2.75. The quantitative estimate of drug-likeness (QED) is 0.863. The Bertz CT molecular complexity index is 422. The predicted molar refractivity (Wildman–Crippen MR) is 84.3 cm³/mol. The van der Waals surface area contributed by atoms with E-state index in [1.165, 1.54) is 12.8 Å². The molecule has 0 aliphatic carbocycles. The summed E-state index contributed by atoms with van der Waals surface area (Å²) in [6.07, 6.45) is 2.34. The number of carbonyl (C=O) groups is 1. The van der Waals surface area contributed by atoms with Gasteiger partial charge in [-0.1, -0.05) is 34.1 Å². The topological polar surface area (TPSA) is 41.1 Å². The van der Waals surface area contributed by atoms with E-state index in [1.54, 1.807) is 11.8 Å². The Kier molecular flexibility index (Phi) is 6.20. The smallest absolute Gasteiger partial charge is 0.230 e. The Labute approximate surface area is 127 Å². The first-order chi connectivity index (χ1) is 9.25. The summed E-state index contributed by atoms with van der Waals surface area (Å²) >= 11 is 5.27. The molecule has 0 saturated carbocycles. The van der Waals surface area contributed by atoms with Gasteiger partial charge in [-0.3, -0.25) is 4.79 Å². The fourth-order valence-corrected chi connectivity index (χ4v) is 3.53. The summed E-state index contributed by atoms with van der Waals surface area (Å²) in [6, 6.07) is 7.97. The van der Waals surface area contributed by atoms with Crippen molar-refractivity contribution in [2.45, 2.75) is 24.6 Å². The monoisotopic (exact) mass is 342 g/mol. The second-order valence-electron chi connectivity index (χ2n) is 4.63. The Morgan fingerprint density at radius 1 is 1.37 bits per heavy atom. The van der Waals surface area contributed by atoms with Crippen molar-refractivity contribution < 1.29 is 4.79 Å². The van der Waals surface area contributed by atoms with Crippen LogP contribution in [0, 0.1) is 0 Å². The average molecular weight is 343 g/mol. The lowest BCUT2D eigenvalue weighted by molar-refractivity contribution is -0.118. The van der Waals surface area contributed by atoms with Crippen LogP contribution in [-0.4, -0.2) is 30.0 Å². The fourth-order valence-electron chi connectivity index (χ4n) is 2.04. The molecule has 1 aliphatic heterocycles. The molecule has 2 N–H and O–H groups in total. The number of benzene rings is 1. The maximum absolute atomic E-state index is 11.8. The van der Waals surface area contributed by atoms with Crippen molar-refractivity contribution in [3.63, 3.8) is 0 Å². The van der Waals surface area contributed by atoms with Gasteiger partial charge in [0.2, 0.25) is 5.91 Å². The molecular formula is C14H19BrN2OS. The molecule has 1 aromatic carbocycles. The summed E-state index contributed by atoms with van der Waals surface area (Å²) in [4.78, 5) is 11.8. The van der Waals surface area contributed by atoms with Crippen LogP contribution in [0.3, 0.4) is 0 Å². The molecule has 1 amide bonds. The minimum absolute atomic E-state index is 0.124. The molecule has 2 rings (SSSR count). The summed E-state index contributed by atoms with van der Waals surface area (Å²) < 4.78 is 1.04. The third kappa shape index (κ3) is 5.16. The van der Waals surface area contributed by atoms with Crippen LogP contribution in [0.4, 0.5) is 0 Å². The van der Waals surface area contributed by atoms with Gasteiger partial charge in [-0.05, 0) is 37.6 Å². The van der Waals surface area contributed by atoms with Crippen molar-refractivity contribution in [3.8, 4) is 0 Å². The van der Waals surface area contributed by atoms with E-state index in [-0.39, 0.29) is 5.91 Å². The zero-order chi connectivity index (χ0) is 13.5. The van der Waals surface area contributed by atoms with E-state index >= 15 is 0 Å². The third-order valence-corrected chi connectivity index (χ3v) is 5.32. The van der Waals surface area contributed by atoms with Crippen molar-refractivity contribution in [3.05, 3.63) is 34.3 Å². The van der Waals surface area contributed by atoms with Crippen LogP contribution in [0.1, 0.15) is 18.4 Å². The highest BCUT2D eigenvalue weighted by molar-refractivity contribution is 9.10. The van der Waals surface area contributed by atoms with Crippen LogP contribution in [0.5, 0.6) is 0 Å². The van der Waals surface area contributed by atoms with Gasteiger partial charge in [0.1, 0.15) is 0 Å². The molecule has 0 unspecified atom stereocenters. The van der Waals surface area contributed by atoms with E-state index in [2.05, 4.69) is 26.6 Å². The number of hydrogen-bond acceptors (Lipinski definition) is 3. The predicted octanol–water partition coefficient (Wildman–Crippen LogP) is 2.55. The van der Waals surface area contributed by atoms with Crippen molar-refractivity contribution >= 4 is 33.6 Å². The number of amides is 1. The van der Waals surface area contributed by atoms with Crippen LogP contribution < -0.4 is 10.6 Å². The minimum Gasteiger partial charge on any atom is -0.351 e. The second-order valence-corrected chi connectivity index (χ2v) is 6.77. The first-order valence-corrected chi connectivity index (χ1v) is 8.42. The molecule has 19 heavy (non-hydrogen) atoms. The highest BCUT2D eigenvalue weighted by atomic mass is 79.9. The molecule has 1 aromatic rings. The highest BCUT2D eigenvalue weighted by Gasteiger charge is 2.14. The van der Waals surface area contributed by atoms with Gasteiger partial charge < -0.3 is 10.6 Å². The number of thioether (sulfide) groups is 1. The summed E-state index contributed by atoms with van der Waals surface area (Å²) in [7, 11) is 0. The van der Waals surface area contributed by atoms with E-state index in [1.807, 2.05) is 24.3 Å². The molecule has 0 atom stereocenters. The third-order valence-electron chi connectivity index (χ3n) is 3.17. The van der Waals surface area contributed by atoms with Crippen LogP contribution in [0.2, 0.25) is 0 Å². The van der Waals surface area contributed by atoms with Gasteiger partial charge in [-0.15, -0.1) is 11.8 Å². The normalized spacial score (nSPS) is 16.3. The average Bonchev–Trinajstić information content (AvgIpc) is 2.45. The first kappa shape index (κ1) is 14.9. The number of halogens is 1. The Morgan fingerprint density at radius 2 is 2.11 bits per heavy atom. The van der Waals surface area contributed by atoms with Gasteiger partial charge in [0.15, 0.2) is 0 Å². The lowest BCUT2D eigenvalue weighted by Crippen LogP contribution is -2.31. The maximum atomic E-state index is 11.8. The van der Waals surface area contributed by atoms with Gasteiger partial charge in [-0.2, -0.15) is 0 Å². The molecule has 3 nitrogen and oxygen atoms in total. The number of nitrogens with one attached hydrogen (secondary N) is 2. The SMILES string of the molecule is O=C(CSC1CCNCC1)NCc1ccccc1Br. The zero-order valence-corrected chi connectivity index (χ0v) is 13.2. The van der Waals surface area contributed by atoms with Crippen LogP contribution >= 0.6 is 27.7 Å². The molecule has 0 radical (unpaired) electrons. The van der Waals surface area contributed by atoms with Crippen molar-refractivity contribution in [2.75, 3.05) is 18.8 Å². The first-order valence-electron chi connectivity index (χ1n) is 6.58. The van der Waals surface area contributed by atoms with E-state index < -0.39 is 0 Å². The molecule has 1 fully saturated rings. The number of piperidine rings is 1. The van der Waals surface area contributed by atoms with E-state index in [9.17, 15) is 4.79 Å². The Balaban J connectivity index is 1.68. The standard InChI is InChI=1S/C14H19BrN2OS/c15-13-4-2-1-3-11(13)9-17-14(18)10-19-12-5-7-16-8-6-12/h1-4,12,16H,5-10H2,(H,17,18). The molecule has 5 heteroatoms. The van der Waals surface area contributed by atoms with Crippen LogP contribution in [0.15, 0.2) is 28.7 Å².